The van der Waals surface area contributed by atoms with Gasteiger partial charge in [-0.15, -0.1) is 11.3 Å². The smallest absolute Gasteiger partial charge is 0.350 e. The number of ether oxygens (including phenoxy) is 1. The zero-order valence-corrected chi connectivity index (χ0v) is 10.9. The van der Waals surface area contributed by atoms with E-state index in [1.54, 1.807) is 23.6 Å². The number of phenols is 1. The molecule has 1 heterocycles. The quantitative estimate of drug-likeness (QED) is 0.845. The Balaban J connectivity index is 2.20. The number of hydrogen-bond donors (Lipinski definition) is 2. The van der Waals surface area contributed by atoms with Crippen LogP contribution in [-0.4, -0.2) is 24.1 Å². The Bertz CT molecular complexity index is 621. The molecule has 0 unspecified atom stereocenters. The Morgan fingerprint density at radius 3 is 2.79 bits per heavy atom. The number of carbonyl (C=O) groups is 2. The molecule has 1 amide bonds. The molecule has 1 aromatic carbocycles. The molecular weight excluding hydrogens is 266 g/mol. The highest BCUT2D eigenvalue weighted by atomic mass is 32.1. The molecule has 5 nitrogen and oxygen atoms in total. The Morgan fingerprint density at radius 2 is 2.11 bits per heavy atom. The van der Waals surface area contributed by atoms with Crippen molar-refractivity contribution in [2.75, 3.05) is 12.4 Å². The number of rotatable bonds is 3. The molecule has 2 N–H and O–H groups in total. The molecule has 19 heavy (non-hydrogen) atoms. The Kier molecular flexibility index (Phi) is 3.82. The minimum atomic E-state index is -0.499. The summed E-state index contributed by atoms with van der Waals surface area (Å²) < 4.78 is 4.62. The molecule has 6 heteroatoms. The highest BCUT2D eigenvalue weighted by Gasteiger charge is 2.16. The van der Waals surface area contributed by atoms with Crippen LogP contribution in [0, 0.1) is 0 Å². The van der Waals surface area contributed by atoms with Crippen molar-refractivity contribution in [3.63, 3.8) is 0 Å². The molecule has 0 aliphatic rings. The molecule has 0 radical (unpaired) electrons. The van der Waals surface area contributed by atoms with Crippen molar-refractivity contribution in [2.45, 2.75) is 0 Å². The van der Waals surface area contributed by atoms with E-state index in [2.05, 4.69) is 10.1 Å². The van der Waals surface area contributed by atoms with Gasteiger partial charge in [-0.2, -0.15) is 0 Å². The average molecular weight is 277 g/mol. The summed E-state index contributed by atoms with van der Waals surface area (Å²) in [5, 5.41) is 13.6. The van der Waals surface area contributed by atoms with Crippen LogP contribution in [0.15, 0.2) is 35.7 Å². The summed E-state index contributed by atoms with van der Waals surface area (Å²) in [7, 11) is 1.28. The molecule has 1 aromatic heterocycles. The molecule has 98 valence electrons. The lowest BCUT2D eigenvalue weighted by molar-refractivity contribution is 0.0607. The summed E-state index contributed by atoms with van der Waals surface area (Å²) in [6.45, 7) is 0. The fourth-order valence-corrected chi connectivity index (χ4v) is 2.27. The molecule has 0 fully saturated rings. The summed E-state index contributed by atoms with van der Waals surface area (Å²) in [6.07, 6.45) is 0. The predicted octanol–water partition coefficient (Wildman–Crippen LogP) is 2.49. The first-order valence-electron chi connectivity index (χ1n) is 5.38. The molecule has 2 aromatic rings. The number of aromatic hydroxyl groups is 1. The second kappa shape index (κ2) is 5.53. The fraction of sp³-hybridized carbons (Fsp3) is 0.0769. The molecule has 0 atom stereocenters. The first-order chi connectivity index (χ1) is 9.11. The Morgan fingerprint density at radius 1 is 1.32 bits per heavy atom. The summed E-state index contributed by atoms with van der Waals surface area (Å²) in [5.41, 5.74) is 0.701. The van der Waals surface area contributed by atoms with Crippen molar-refractivity contribution in [3.8, 4) is 5.75 Å². The maximum Gasteiger partial charge on any atom is 0.350 e. The van der Waals surface area contributed by atoms with Crippen molar-refractivity contribution in [1.82, 2.24) is 0 Å². The number of methoxy groups -OCH3 is 1. The van der Waals surface area contributed by atoms with Crippen molar-refractivity contribution in [1.29, 1.82) is 0 Å². The first kappa shape index (κ1) is 13.1. The van der Waals surface area contributed by atoms with Crippen LogP contribution in [-0.2, 0) is 4.74 Å². The van der Waals surface area contributed by atoms with E-state index in [0.29, 0.717) is 16.1 Å². The van der Waals surface area contributed by atoms with E-state index >= 15 is 0 Å². The Hall–Kier alpha value is -2.34. The van der Waals surface area contributed by atoms with Crippen molar-refractivity contribution >= 4 is 28.9 Å². The number of phenolic OH excluding ortho intramolecular Hbond substituents is 1. The van der Waals surface area contributed by atoms with Gasteiger partial charge in [-0.3, -0.25) is 4.79 Å². The Labute approximate surface area is 113 Å². The number of hydrogen-bond acceptors (Lipinski definition) is 5. The van der Waals surface area contributed by atoms with Gasteiger partial charge in [0.2, 0.25) is 0 Å². The number of esters is 1. The topological polar surface area (TPSA) is 75.6 Å². The van der Waals surface area contributed by atoms with E-state index < -0.39 is 11.9 Å². The molecular formula is C13H11NO4S. The maximum atomic E-state index is 12.0. The van der Waals surface area contributed by atoms with Crippen molar-refractivity contribution in [2.24, 2.45) is 0 Å². The van der Waals surface area contributed by atoms with E-state index in [-0.39, 0.29) is 5.75 Å². The normalized spacial score (nSPS) is 9.95. The van der Waals surface area contributed by atoms with Gasteiger partial charge in [0.1, 0.15) is 10.6 Å². The van der Waals surface area contributed by atoms with Gasteiger partial charge in [0, 0.05) is 5.56 Å². The van der Waals surface area contributed by atoms with Crippen molar-refractivity contribution < 1.29 is 19.4 Å². The number of thiophene rings is 1. The monoisotopic (exact) mass is 277 g/mol. The van der Waals surface area contributed by atoms with Crippen LogP contribution in [0.2, 0.25) is 0 Å². The number of anilines is 1. The average Bonchev–Trinajstić information content (AvgIpc) is 2.86. The summed E-state index contributed by atoms with van der Waals surface area (Å²) in [4.78, 5) is 23.8. The maximum absolute atomic E-state index is 12.0. The molecule has 0 spiro atoms. The predicted molar refractivity (Wildman–Crippen MR) is 71.7 cm³/mol. The molecule has 0 bridgehead atoms. The molecule has 0 saturated heterocycles. The van der Waals surface area contributed by atoms with Crippen LogP contribution < -0.4 is 5.32 Å². The van der Waals surface area contributed by atoms with Gasteiger partial charge in [0.25, 0.3) is 5.91 Å². The number of carbonyl (C=O) groups excluding carboxylic acids is 2. The van der Waals surface area contributed by atoms with E-state index in [0.717, 1.165) is 0 Å². The third kappa shape index (κ3) is 2.92. The zero-order chi connectivity index (χ0) is 13.8. The van der Waals surface area contributed by atoms with Gasteiger partial charge < -0.3 is 15.2 Å². The zero-order valence-electron chi connectivity index (χ0n) is 10.0. The minimum absolute atomic E-state index is 0.00570. The van der Waals surface area contributed by atoms with E-state index in [4.69, 9.17) is 0 Å². The van der Waals surface area contributed by atoms with E-state index in [9.17, 15) is 14.7 Å². The fourth-order valence-electron chi connectivity index (χ4n) is 1.50. The lowest BCUT2D eigenvalue weighted by atomic mass is 10.2. The molecule has 2 rings (SSSR count). The third-order valence-electron chi connectivity index (χ3n) is 2.39. The van der Waals surface area contributed by atoms with Crippen LogP contribution in [0.5, 0.6) is 5.75 Å². The van der Waals surface area contributed by atoms with E-state index in [1.807, 2.05) is 0 Å². The highest BCUT2D eigenvalue weighted by molar-refractivity contribution is 7.12. The second-order valence-corrected chi connectivity index (χ2v) is 4.58. The highest BCUT2D eigenvalue weighted by Crippen LogP contribution is 2.24. The SMILES string of the molecule is COC(=O)c1sccc1NC(=O)c1cccc(O)c1. The van der Waals surface area contributed by atoms with Gasteiger partial charge in [-0.25, -0.2) is 4.79 Å². The minimum Gasteiger partial charge on any atom is -0.508 e. The van der Waals surface area contributed by atoms with Crippen molar-refractivity contribution in [3.05, 3.63) is 46.2 Å². The van der Waals surface area contributed by atoms with Crippen LogP contribution in [0.3, 0.4) is 0 Å². The van der Waals surface area contributed by atoms with Crippen LogP contribution in [0.4, 0.5) is 5.69 Å². The largest absolute Gasteiger partial charge is 0.508 e. The number of benzene rings is 1. The van der Waals surface area contributed by atoms with Crippen LogP contribution in [0.25, 0.3) is 0 Å². The summed E-state index contributed by atoms with van der Waals surface area (Å²) >= 11 is 1.18. The van der Waals surface area contributed by atoms with E-state index in [1.165, 1.54) is 30.6 Å². The second-order valence-electron chi connectivity index (χ2n) is 3.66. The van der Waals surface area contributed by atoms with Gasteiger partial charge in [0.15, 0.2) is 0 Å². The van der Waals surface area contributed by atoms with Crippen LogP contribution >= 0.6 is 11.3 Å². The molecule has 0 saturated carbocycles. The van der Waals surface area contributed by atoms with Gasteiger partial charge in [0.05, 0.1) is 12.8 Å². The van der Waals surface area contributed by atoms with Gasteiger partial charge in [-0.05, 0) is 29.6 Å². The summed E-state index contributed by atoms with van der Waals surface area (Å²) in [6, 6.07) is 7.58. The number of nitrogens with one attached hydrogen (secondary N) is 1. The van der Waals surface area contributed by atoms with Crippen LogP contribution in [0.1, 0.15) is 20.0 Å². The van der Waals surface area contributed by atoms with Gasteiger partial charge in [-0.1, -0.05) is 6.07 Å². The standard InChI is InChI=1S/C13H11NO4S/c1-18-13(17)11-10(5-6-19-11)14-12(16)8-3-2-4-9(15)7-8/h2-7,15H,1H3,(H,14,16). The lowest BCUT2D eigenvalue weighted by Crippen LogP contribution is -2.13. The molecule has 0 aliphatic heterocycles. The first-order valence-corrected chi connectivity index (χ1v) is 6.26. The third-order valence-corrected chi connectivity index (χ3v) is 3.29. The molecule has 0 aliphatic carbocycles. The summed E-state index contributed by atoms with van der Waals surface area (Å²) in [5.74, 6) is -0.896. The van der Waals surface area contributed by atoms with Gasteiger partial charge >= 0.3 is 5.97 Å². The lowest BCUT2D eigenvalue weighted by Gasteiger charge is -2.05. The number of amides is 1.